The van der Waals surface area contributed by atoms with Crippen LogP contribution in [0.15, 0.2) is 4.99 Å². The molecule has 1 amide bonds. The van der Waals surface area contributed by atoms with Crippen molar-refractivity contribution >= 4 is 35.8 Å². The monoisotopic (exact) mass is 438 g/mol. The van der Waals surface area contributed by atoms with Gasteiger partial charge in [-0.1, -0.05) is 39.5 Å². The van der Waals surface area contributed by atoms with Crippen molar-refractivity contribution in [3.05, 3.63) is 0 Å². The molecule has 0 aromatic rings. The molecule has 1 fully saturated rings. The van der Waals surface area contributed by atoms with Crippen LogP contribution in [-0.2, 0) is 4.79 Å². The Morgan fingerprint density at radius 1 is 1.22 bits per heavy atom. The molecule has 5 nitrogen and oxygen atoms in total. The van der Waals surface area contributed by atoms with Gasteiger partial charge in [-0.25, -0.2) is 4.99 Å². The maximum Gasteiger partial charge on any atom is 0.243 e. The molecule has 23 heavy (non-hydrogen) atoms. The van der Waals surface area contributed by atoms with E-state index in [0.717, 1.165) is 25.0 Å². The average molecular weight is 438 g/mol. The Morgan fingerprint density at radius 2 is 1.87 bits per heavy atom. The molecule has 0 spiro atoms. The first-order chi connectivity index (χ1) is 10.5. The molecule has 2 N–H and O–H groups in total. The minimum absolute atomic E-state index is 0. The predicted molar refractivity (Wildman–Crippen MR) is 108 cm³/mol. The highest BCUT2D eigenvalue weighted by atomic mass is 127. The van der Waals surface area contributed by atoms with Crippen LogP contribution in [0.1, 0.15) is 52.4 Å². The van der Waals surface area contributed by atoms with Crippen molar-refractivity contribution in [2.75, 3.05) is 33.7 Å². The number of guanidine groups is 1. The third-order valence-electron chi connectivity index (χ3n) is 4.11. The summed E-state index contributed by atoms with van der Waals surface area (Å²) in [6, 6.07) is 0. The summed E-state index contributed by atoms with van der Waals surface area (Å²) in [5, 5.41) is 6.67. The largest absolute Gasteiger partial charge is 0.356 e. The molecule has 0 aliphatic heterocycles. The van der Waals surface area contributed by atoms with Gasteiger partial charge in [0.05, 0.1) is 0 Å². The minimum Gasteiger partial charge on any atom is -0.356 e. The molecular formula is C17H35IN4O. The maximum absolute atomic E-state index is 11.7. The number of hydrogen-bond acceptors (Lipinski definition) is 2. The lowest BCUT2D eigenvalue weighted by Gasteiger charge is -2.15. The Bertz CT molecular complexity index is 353. The molecule has 1 aliphatic carbocycles. The van der Waals surface area contributed by atoms with Crippen LogP contribution in [-0.4, -0.2) is 50.5 Å². The van der Waals surface area contributed by atoms with Crippen molar-refractivity contribution in [1.29, 1.82) is 0 Å². The van der Waals surface area contributed by atoms with E-state index < -0.39 is 0 Å². The number of carbonyl (C=O) groups is 1. The van der Waals surface area contributed by atoms with Crippen molar-refractivity contribution in [3.8, 4) is 0 Å². The Labute approximate surface area is 159 Å². The lowest BCUT2D eigenvalue weighted by atomic mass is 10.0. The Balaban J connectivity index is 0.00000484. The van der Waals surface area contributed by atoms with E-state index in [1.807, 2.05) is 0 Å². The number of carbonyl (C=O) groups excluding carboxylic acids is 1. The zero-order valence-electron chi connectivity index (χ0n) is 15.2. The van der Waals surface area contributed by atoms with E-state index in [1.165, 1.54) is 38.5 Å². The molecular weight excluding hydrogens is 403 g/mol. The minimum atomic E-state index is 0. The third kappa shape index (κ3) is 10.8. The number of halogens is 1. The summed E-state index contributed by atoms with van der Waals surface area (Å²) in [6.07, 6.45) is 8.12. The SMILES string of the molecule is CC(C)CNC(=NCC(=O)N(C)C)NCCCC1CCCC1.I. The highest BCUT2D eigenvalue weighted by Gasteiger charge is 2.14. The number of hydrogen-bond donors (Lipinski definition) is 2. The van der Waals surface area contributed by atoms with E-state index in [4.69, 9.17) is 0 Å². The highest BCUT2D eigenvalue weighted by Crippen LogP contribution is 2.28. The van der Waals surface area contributed by atoms with Gasteiger partial charge in [0.2, 0.25) is 5.91 Å². The molecule has 1 aliphatic rings. The summed E-state index contributed by atoms with van der Waals surface area (Å²) in [4.78, 5) is 17.6. The molecule has 0 aromatic heterocycles. The second-order valence-corrected chi connectivity index (χ2v) is 6.95. The molecule has 1 rings (SSSR count). The van der Waals surface area contributed by atoms with Crippen molar-refractivity contribution in [3.63, 3.8) is 0 Å². The van der Waals surface area contributed by atoms with Gasteiger partial charge in [0.15, 0.2) is 5.96 Å². The van der Waals surface area contributed by atoms with Gasteiger partial charge >= 0.3 is 0 Å². The van der Waals surface area contributed by atoms with E-state index in [2.05, 4.69) is 29.5 Å². The maximum atomic E-state index is 11.7. The van der Waals surface area contributed by atoms with E-state index in [1.54, 1.807) is 19.0 Å². The fourth-order valence-corrected chi connectivity index (χ4v) is 2.66. The van der Waals surface area contributed by atoms with Crippen LogP contribution in [0, 0.1) is 11.8 Å². The van der Waals surface area contributed by atoms with Crippen LogP contribution in [0.3, 0.4) is 0 Å². The number of nitrogens with one attached hydrogen (secondary N) is 2. The molecule has 0 unspecified atom stereocenters. The molecule has 0 aromatic carbocycles. The fourth-order valence-electron chi connectivity index (χ4n) is 2.66. The fraction of sp³-hybridized carbons (Fsp3) is 0.882. The van der Waals surface area contributed by atoms with E-state index >= 15 is 0 Å². The van der Waals surface area contributed by atoms with Gasteiger partial charge in [0.1, 0.15) is 6.54 Å². The summed E-state index contributed by atoms with van der Waals surface area (Å²) in [5.41, 5.74) is 0. The van der Waals surface area contributed by atoms with Crippen molar-refractivity contribution in [2.24, 2.45) is 16.8 Å². The van der Waals surface area contributed by atoms with Gasteiger partial charge in [-0.3, -0.25) is 4.79 Å². The third-order valence-corrected chi connectivity index (χ3v) is 4.11. The number of nitrogens with zero attached hydrogens (tertiary/aromatic N) is 2. The molecule has 0 saturated heterocycles. The van der Waals surface area contributed by atoms with Gasteiger partial charge in [0.25, 0.3) is 0 Å². The quantitative estimate of drug-likeness (QED) is 0.265. The molecule has 0 atom stereocenters. The van der Waals surface area contributed by atoms with Crippen molar-refractivity contribution in [2.45, 2.75) is 52.4 Å². The summed E-state index contributed by atoms with van der Waals surface area (Å²) in [6.45, 7) is 6.32. The van der Waals surface area contributed by atoms with Gasteiger partial charge < -0.3 is 15.5 Å². The van der Waals surface area contributed by atoms with Gasteiger partial charge in [-0.2, -0.15) is 0 Å². The smallest absolute Gasteiger partial charge is 0.243 e. The molecule has 0 bridgehead atoms. The first kappa shape index (κ1) is 22.5. The Morgan fingerprint density at radius 3 is 2.43 bits per heavy atom. The average Bonchev–Trinajstić information content (AvgIpc) is 2.97. The van der Waals surface area contributed by atoms with E-state index in [0.29, 0.717) is 5.92 Å². The molecule has 0 radical (unpaired) electrons. The summed E-state index contributed by atoms with van der Waals surface area (Å²) in [7, 11) is 3.52. The first-order valence-electron chi connectivity index (χ1n) is 8.71. The number of likely N-dealkylation sites (N-methyl/N-ethyl adjacent to an activating group) is 1. The standard InChI is InChI=1S/C17H34N4O.HI/c1-14(2)12-19-17(20-13-16(22)21(3)4)18-11-7-10-15-8-5-6-9-15;/h14-15H,5-13H2,1-4H3,(H2,18,19,20);1H. The molecule has 0 heterocycles. The number of rotatable bonds is 8. The topological polar surface area (TPSA) is 56.7 Å². The lowest BCUT2D eigenvalue weighted by molar-refractivity contribution is -0.127. The van der Waals surface area contributed by atoms with Gasteiger partial charge in [-0.15, -0.1) is 24.0 Å². The van der Waals surface area contributed by atoms with Crippen LogP contribution < -0.4 is 10.6 Å². The van der Waals surface area contributed by atoms with Crippen molar-refractivity contribution < 1.29 is 4.79 Å². The molecule has 6 heteroatoms. The second-order valence-electron chi connectivity index (χ2n) is 6.95. The number of aliphatic imine (C=N–C) groups is 1. The zero-order valence-corrected chi connectivity index (χ0v) is 17.6. The Kier molecular flexibility index (Phi) is 12.5. The van der Waals surface area contributed by atoms with Crippen LogP contribution in [0.4, 0.5) is 0 Å². The summed E-state index contributed by atoms with van der Waals surface area (Å²) in [5.74, 6) is 2.27. The summed E-state index contributed by atoms with van der Waals surface area (Å²) >= 11 is 0. The predicted octanol–water partition coefficient (Wildman–Crippen LogP) is 2.85. The summed E-state index contributed by atoms with van der Waals surface area (Å²) < 4.78 is 0. The van der Waals surface area contributed by atoms with E-state index in [9.17, 15) is 4.79 Å². The molecule has 136 valence electrons. The highest BCUT2D eigenvalue weighted by molar-refractivity contribution is 14.0. The van der Waals surface area contributed by atoms with Crippen LogP contribution in [0.25, 0.3) is 0 Å². The van der Waals surface area contributed by atoms with Crippen LogP contribution in [0.5, 0.6) is 0 Å². The number of amides is 1. The second kappa shape index (κ2) is 12.8. The Hall–Kier alpha value is -0.530. The van der Waals surface area contributed by atoms with Gasteiger partial charge in [0, 0.05) is 27.2 Å². The molecule has 1 saturated carbocycles. The van der Waals surface area contributed by atoms with Crippen LogP contribution in [0.2, 0.25) is 0 Å². The van der Waals surface area contributed by atoms with Crippen molar-refractivity contribution in [1.82, 2.24) is 15.5 Å². The zero-order chi connectivity index (χ0) is 16.4. The van der Waals surface area contributed by atoms with E-state index in [-0.39, 0.29) is 36.4 Å². The van der Waals surface area contributed by atoms with Gasteiger partial charge in [-0.05, 0) is 24.7 Å². The lowest BCUT2D eigenvalue weighted by Crippen LogP contribution is -2.40. The first-order valence-corrected chi connectivity index (χ1v) is 8.71. The van der Waals surface area contributed by atoms with Crippen LogP contribution >= 0.6 is 24.0 Å². The normalized spacial score (nSPS) is 15.4.